The molecule has 0 bridgehead atoms. The molecule has 0 radical (unpaired) electrons. The summed E-state index contributed by atoms with van der Waals surface area (Å²) in [5.41, 5.74) is 4.32. The van der Waals surface area contributed by atoms with E-state index in [1.165, 1.54) is 17.5 Å². The number of Topliss-reactive ketones (excluding diaryl/α,β-unsaturated/α-hetero) is 1. The Morgan fingerprint density at radius 3 is 2.69 bits per heavy atom. The summed E-state index contributed by atoms with van der Waals surface area (Å²) in [5, 5.41) is 0. The Labute approximate surface area is 97.2 Å². The zero-order chi connectivity index (χ0) is 11.9. The third-order valence-electron chi connectivity index (χ3n) is 3.51. The van der Waals surface area contributed by atoms with Crippen molar-refractivity contribution in [3.05, 3.63) is 47.0 Å². The normalized spacial score (nSPS) is 16.9. The number of fused-ring (bicyclic) bond motifs is 1. The minimum atomic E-state index is 0.0606. The molecule has 1 aromatic rings. The molecule has 0 fully saturated rings. The lowest BCUT2D eigenvalue weighted by molar-refractivity contribution is 0.103. The molecule has 0 aliphatic heterocycles. The minimum Gasteiger partial charge on any atom is -0.289 e. The lowest BCUT2D eigenvalue weighted by Crippen LogP contribution is -2.13. The fraction of sp³-hybridized carbons (Fsp3) is 0.400. The summed E-state index contributed by atoms with van der Waals surface area (Å²) in [6.45, 7) is 9.96. The first kappa shape index (κ1) is 11.1. The maximum absolute atomic E-state index is 11.9. The number of rotatable bonds is 2. The highest BCUT2D eigenvalue weighted by Gasteiger charge is 2.30. The number of ketones is 1. The van der Waals surface area contributed by atoms with Crippen molar-refractivity contribution >= 4 is 5.78 Å². The number of carbonyl (C=O) groups is 1. The van der Waals surface area contributed by atoms with Crippen LogP contribution in [0.1, 0.15) is 48.7 Å². The Morgan fingerprint density at radius 1 is 1.38 bits per heavy atom. The molecule has 1 aliphatic carbocycles. The van der Waals surface area contributed by atoms with Gasteiger partial charge in [-0.15, -0.1) is 0 Å². The van der Waals surface area contributed by atoms with Crippen molar-refractivity contribution in [2.45, 2.75) is 39.0 Å². The first-order chi connectivity index (χ1) is 7.42. The highest BCUT2D eigenvalue weighted by molar-refractivity contribution is 6.08. The van der Waals surface area contributed by atoms with Crippen molar-refractivity contribution in [2.75, 3.05) is 0 Å². The quantitative estimate of drug-likeness (QED) is 0.542. The van der Waals surface area contributed by atoms with E-state index in [9.17, 15) is 4.79 Å². The molecule has 0 N–H and O–H groups in total. The van der Waals surface area contributed by atoms with E-state index >= 15 is 0 Å². The van der Waals surface area contributed by atoms with Crippen LogP contribution >= 0.6 is 0 Å². The zero-order valence-corrected chi connectivity index (χ0v) is 10.3. The van der Waals surface area contributed by atoms with Crippen molar-refractivity contribution in [1.82, 2.24) is 0 Å². The fourth-order valence-electron chi connectivity index (χ4n) is 2.39. The highest BCUT2D eigenvalue weighted by Crippen LogP contribution is 2.38. The Morgan fingerprint density at radius 2 is 2.06 bits per heavy atom. The van der Waals surface area contributed by atoms with Gasteiger partial charge in [-0.1, -0.05) is 32.6 Å². The lowest BCUT2D eigenvalue weighted by atomic mass is 9.85. The van der Waals surface area contributed by atoms with Crippen molar-refractivity contribution in [1.29, 1.82) is 0 Å². The van der Waals surface area contributed by atoms with E-state index in [2.05, 4.69) is 32.6 Å². The second-order valence-corrected chi connectivity index (χ2v) is 5.37. The molecule has 0 heterocycles. The predicted molar refractivity (Wildman–Crippen MR) is 66.9 cm³/mol. The summed E-state index contributed by atoms with van der Waals surface area (Å²) >= 11 is 0. The molecule has 0 saturated carbocycles. The SMILES string of the molecule is C=C(C)C(=O)c1ccc2c(c1)C(C)(C)CC2. The van der Waals surface area contributed by atoms with E-state index < -0.39 is 0 Å². The van der Waals surface area contributed by atoms with Gasteiger partial charge in [0.2, 0.25) is 0 Å². The van der Waals surface area contributed by atoms with Crippen LogP contribution in [-0.4, -0.2) is 5.78 Å². The van der Waals surface area contributed by atoms with Gasteiger partial charge >= 0.3 is 0 Å². The second kappa shape index (κ2) is 3.58. The number of carbonyl (C=O) groups excluding carboxylic acids is 1. The average molecular weight is 214 g/mol. The van der Waals surface area contributed by atoms with Crippen LogP contribution in [0, 0.1) is 0 Å². The number of allylic oxidation sites excluding steroid dienone is 1. The fourth-order valence-corrected chi connectivity index (χ4v) is 2.39. The summed E-state index contributed by atoms with van der Waals surface area (Å²) in [6, 6.07) is 6.08. The van der Waals surface area contributed by atoms with Crippen LogP contribution in [0.25, 0.3) is 0 Å². The van der Waals surface area contributed by atoms with E-state index in [0.717, 1.165) is 12.0 Å². The van der Waals surface area contributed by atoms with E-state index in [1.807, 2.05) is 6.07 Å². The van der Waals surface area contributed by atoms with Crippen LogP contribution in [0.3, 0.4) is 0 Å². The largest absolute Gasteiger partial charge is 0.289 e. The zero-order valence-electron chi connectivity index (χ0n) is 10.3. The van der Waals surface area contributed by atoms with E-state index in [4.69, 9.17) is 0 Å². The topological polar surface area (TPSA) is 17.1 Å². The Bertz CT molecular complexity index is 466. The first-order valence-electron chi connectivity index (χ1n) is 5.75. The van der Waals surface area contributed by atoms with Gasteiger partial charge < -0.3 is 0 Å². The van der Waals surface area contributed by atoms with Crippen molar-refractivity contribution < 1.29 is 4.79 Å². The Balaban J connectivity index is 2.47. The third-order valence-corrected chi connectivity index (χ3v) is 3.51. The van der Waals surface area contributed by atoms with E-state index in [-0.39, 0.29) is 11.2 Å². The van der Waals surface area contributed by atoms with Crippen molar-refractivity contribution in [3.63, 3.8) is 0 Å². The van der Waals surface area contributed by atoms with Gasteiger partial charge in [-0.2, -0.15) is 0 Å². The van der Waals surface area contributed by atoms with Gasteiger partial charge in [-0.05, 0) is 47.9 Å². The molecule has 1 nitrogen and oxygen atoms in total. The highest BCUT2D eigenvalue weighted by atomic mass is 16.1. The average Bonchev–Trinajstić information content (AvgIpc) is 2.53. The van der Waals surface area contributed by atoms with E-state index in [1.54, 1.807) is 6.92 Å². The van der Waals surface area contributed by atoms with Crippen molar-refractivity contribution in [3.8, 4) is 0 Å². The van der Waals surface area contributed by atoms with Crippen LogP contribution < -0.4 is 0 Å². The monoisotopic (exact) mass is 214 g/mol. The molecule has 0 saturated heterocycles. The molecule has 0 amide bonds. The molecule has 0 atom stereocenters. The van der Waals surface area contributed by atoms with Crippen LogP contribution in [-0.2, 0) is 11.8 Å². The summed E-state index contributed by atoms with van der Waals surface area (Å²) in [7, 11) is 0. The van der Waals surface area contributed by atoms with Crippen LogP contribution in [0.2, 0.25) is 0 Å². The molecule has 84 valence electrons. The van der Waals surface area contributed by atoms with Gasteiger partial charge in [0.1, 0.15) is 0 Å². The van der Waals surface area contributed by atoms with Gasteiger partial charge in [0.25, 0.3) is 0 Å². The van der Waals surface area contributed by atoms with Crippen LogP contribution in [0.15, 0.2) is 30.4 Å². The number of hydrogen-bond donors (Lipinski definition) is 0. The molecule has 0 aromatic heterocycles. The second-order valence-electron chi connectivity index (χ2n) is 5.37. The van der Waals surface area contributed by atoms with Gasteiger partial charge in [0.05, 0.1) is 0 Å². The Hall–Kier alpha value is -1.37. The first-order valence-corrected chi connectivity index (χ1v) is 5.75. The minimum absolute atomic E-state index is 0.0606. The summed E-state index contributed by atoms with van der Waals surface area (Å²) in [5.74, 6) is 0.0606. The molecule has 2 rings (SSSR count). The van der Waals surface area contributed by atoms with Gasteiger partial charge in [-0.3, -0.25) is 4.79 Å². The maximum Gasteiger partial charge on any atom is 0.188 e. The summed E-state index contributed by atoms with van der Waals surface area (Å²) in [6.07, 6.45) is 2.30. The molecular weight excluding hydrogens is 196 g/mol. The molecule has 16 heavy (non-hydrogen) atoms. The third kappa shape index (κ3) is 1.71. The number of aryl methyl sites for hydroxylation is 1. The van der Waals surface area contributed by atoms with Crippen LogP contribution in [0.5, 0.6) is 0 Å². The van der Waals surface area contributed by atoms with Gasteiger partial charge in [0.15, 0.2) is 5.78 Å². The predicted octanol–water partition coefficient (Wildman–Crippen LogP) is 3.67. The molecule has 1 aliphatic rings. The molecular formula is C15H18O. The smallest absolute Gasteiger partial charge is 0.188 e. The van der Waals surface area contributed by atoms with Crippen LogP contribution in [0.4, 0.5) is 0 Å². The number of benzene rings is 1. The standard InChI is InChI=1S/C15H18O/c1-10(2)14(16)12-6-5-11-7-8-15(3,4)13(11)9-12/h5-6,9H,1,7-8H2,2-4H3. The molecule has 0 unspecified atom stereocenters. The maximum atomic E-state index is 11.9. The van der Waals surface area contributed by atoms with Gasteiger partial charge in [-0.25, -0.2) is 0 Å². The van der Waals surface area contributed by atoms with Gasteiger partial charge in [0, 0.05) is 5.56 Å². The van der Waals surface area contributed by atoms with E-state index in [0.29, 0.717) is 5.57 Å². The number of hydrogen-bond acceptors (Lipinski definition) is 1. The summed E-state index contributed by atoms with van der Waals surface area (Å²) in [4.78, 5) is 11.9. The Kier molecular flexibility index (Phi) is 2.49. The molecule has 1 aromatic carbocycles. The molecule has 1 heteroatoms. The molecule has 0 spiro atoms. The summed E-state index contributed by atoms with van der Waals surface area (Å²) < 4.78 is 0. The lowest BCUT2D eigenvalue weighted by Gasteiger charge is -2.19. The van der Waals surface area contributed by atoms with Crippen molar-refractivity contribution in [2.24, 2.45) is 0 Å².